The summed E-state index contributed by atoms with van der Waals surface area (Å²) < 4.78 is 13.7. The number of aryl methyl sites for hydroxylation is 1. The Bertz CT molecular complexity index is 384. The molecular weight excluding hydrogens is 339 g/mol. The first-order valence-electron chi connectivity index (χ1n) is 7.19. The van der Waals surface area contributed by atoms with Crippen LogP contribution in [-0.2, 0) is 11.2 Å². The summed E-state index contributed by atoms with van der Waals surface area (Å²) in [5, 5.41) is 0. The number of methoxy groups -OCH3 is 1. The Hall–Kier alpha value is -0.411. The van der Waals surface area contributed by atoms with Gasteiger partial charge in [0.2, 0.25) is 0 Å². The van der Waals surface area contributed by atoms with Crippen LogP contribution in [0, 0.1) is 0 Å². The van der Waals surface area contributed by atoms with E-state index in [0.29, 0.717) is 0 Å². The molecule has 1 rings (SSSR count). The van der Waals surface area contributed by atoms with E-state index in [-0.39, 0.29) is 6.10 Å². The van der Waals surface area contributed by atoms with Gasteiger partial charge in [0.1, 0.15) is 0 Å². The third-order valence-electron chi connectivity index (χ3n) is 3.26. The van der Waals surface area contributed by atoms with Gasteiger partial charge in [0.05, 0.1) is 0 Å². The molecule has 0 aliphatic carbocycles. The second-order valence-corrected chi connectivity index (χ2v) is 11.1. The van der Waals surface area contributed by atoms with Gasteiger partial charge in [-0.3, -0.25) is 0 Å². The Kier molecular flexibility index (Phi) is 9.10. The fourth-order valence-electron chi connectivity index (χ4n) is 1.98. The second kappa shape index (κ2) is 10.4. The number of unbranched alkanes of at least 4 members (excludes halogenated alkanes) is 1. The van der Waals surface area contributed by atoms with Gasteiger partial charge in [-0.1, -0.05) is 0 Å². The summed E-state index contributed by atoms with van der Waals surface area (Å²) in [5.41, 5.74) is 1.39. The number of rotatable bonds is 9. The normalized spacial score (nSPS) is 12.7. The first kappa shape index (κ1) is 16.6. The number of benzene rings is 1. The fourth-order valence-corrected chi connectivity index (χ4v) is 6.15. The molecule has 1 nitrogen and oxygen atoms in total. The molecule has 0 aliphatic heterocycles. The van der Waals surface area contributed by atoms with Gasteiger partial charge in [-0.05, 0) is 0 Å². The van der Waals surface area contributed by atoms with E-state index in [0.717, 1.165) is 12.8 Å². The summed E-state index contributed by atoms with van der Waals surface area (Å²) in [6.45, 7) is 2.25. The number of hydrogen-bond acceptors (Lipinski definition) is 1. The third kappa shape index (κ3) is 7.68. The Morgan fingerprint density at radius 1 is 1.32 bits per heavy atom. The van der Waals surface area contributed by atoms with E-state index in [9.17, 15) is 0 Å². The predicted molar refractivity (Wildman–Crippen MR) is 87.3 cm³/mol. The zero-order chi connectivity index (χ0) is 13.9. The molecule has 1 atom stereocenters. The van der Waals surface area contributed by atoms with Crippen molar-refractivity contribution in [2.75, 3.05) is 7.11 Å². The summed E-state index contributed by atoms with van der Waals surface area (Å²) in [5.74, 6) is 0. The van der Waals surface area contributed by atoms with Crippen molar-refractivity contribution in [3.05, 3.63) is 46.1 Å². The topological polar surface area (TPSA) is 9.23 Å². The van der Waals surface area contributed by atoms with Crippen LogP contribution in [0.1, 0.15) is 31.7 Å². The predicted octanol–water partition coefficient (Wildman–Crippen LogP) is 4.04. The number of ether oxygens (including phenoxy) is 1. The molecule has 0 fully saturated rings. The zero-order valence-electron chi connectivity index (χ0n) is 12.3. The second-order valence-electron chi connectivity index (χ2n) is 4.92. The average Bonchev–Trinajstić information content (AvgIpc) is 2.46. The first-order valence-corrected chi connectivity index (χ1v) is 12.9. The van der Waals surface area contributed by atoms with Crippen LogP contribution in [0.4, 0.5) is 0 Å². The van der Waals surface area contributed by atoms with Crippen molar-refractivity contribution in [1.29, 1.82) is 0 Å². The standard InChI is InChI=1S/C12H15O.C4H9.CH2.Sn/c1-3-12(13-2)10-9-11-7-5-4-6-8-11;1-3-4-2;;/h1,3-8,12H,9-10H2,2H3;1,3-4H2,2H3;1H2;/t12-;;;/m1.../s1. The molecule has 1 aromatic carbocycles. The van der Waals surface area contributed by atoms with Crippen molar-refractivity contribution in [1.82, 2.24) is 0 Å². The van der Waals surface area contributed by atoms with E-state index >= 15 is 0 Å². The van der Waals surface area contributed by atoms with E-state index in [4.69, 9.17) is 4.74 Å². The Labute approximate surface area is 124 Å². The molecule has 0 radical (unpaired) electrons. The SMILES string of the molecule is [CH2]=[Sn](/[CH]=C/[C@H](CCc1ccccc1)OC)[CH2]CCC. The minimum atomic E-state index is -1.44. The molecular formula is C17H26OSn. The van der Waals surface area contributed by atoms with Crippen LogP contribution < -0.4 is 0 Å². The minimum absolute atomic E-state index is 0.249. The van der Waals surface area contributed by atoms with Crippen molar-refractivity contribution in [2.24, 2.45) is 0 Å². The average molecular weight is 365 g/mol. The molecule has 0 N–H and O–H groups in total. The van der Waals surface area contributed by atoms with Crippen molar-refractivity contribution >= 4 is 23.8 Å². The molecule has 0 aliphatic rings. The van der Waals surface area contributed by atoms with Crippen molar-refractivity contribution in [3.63, 3.8) is 0 Å². The van der Waals surface area contributed by atoms with Gasteiger partial charge in [-0.2, -0.15) is 0 Å². The first-order chi connectivity index (χ1) is 9.26. The Morgan fingerprint density at radius 2 is 2.05 bits per heavy atom. The maximum absolute atomic E-state index is 5.54. The van der Waals surface area contributed by atoms with Crippen LogP contribution in [0.15, 0.2) is 40.5 Å². The molecule has 0 bridgehead atoms. The molecule has 2 heteroatoms. The van der Waals surface area contributed by atoms with E-state index < -0.39 is 19.3 Å². The molecule has 0 amide bonds. The van der Waals surface area contributed by atoms with Crippen LogP contribution in [0.3, 0.4) is 0 Å². The molecule has 0 heterocycles. The van der Waals surface area contributed by atoms with E-state index in [1.807, 2.05) is 0 Å². The van der Waals surface area contributed by atoms with E-state index in [1.54, 1.807) is 7.11 Å². The van der Waals surface area contributed by atoms with Gasteiger partial charge < -0.3 is 0 Å². The van der Waals surface area contributed by atoms with Gasteiger partial charge >= 0.3 is 125 Å². The summed E-state index contributed by atoms with van der Waals surface area (Å²) in [6.07, 6.45) is 7.27. The molecule has 0 spiro atoms. The molecule has 0 saturated heterocycles. The van der Waals surface area contributed by atoms with Gasteiger partial charge in [0, 0.05) is 0 Å². The molecule has 0 saturated carbocycles. The quantitative estimate of drug-likeness (QED) is 0.601. The Balaban J connectivity index is 2.37. The van der Waals surface area contributed by atoms with E-state index in [2.05, 4.69) is 51.9 Å². The third-order valence-corrected chi connectivity index (χ3v) is 8.00. The summed E-state index contributed by atoms with van der Waals surface area (Å²) >= 11 is -1.44. The molecule has 0 aromatic heterocycles. The van der Waals surface area contributed by atoms with Crippen molar-refractivity contribution < 1.29 is 4.74 Å². The van der Waals surface area contributed by atoms with E-state index in [1.165, 1.54) is 22.8 Å². The summed E-state index contributed by atoms with van der Waals surface area (Å²) in [6, 6.07) is 10.6. The molecule has 19 heavy (non-hydrogen) atoms. The van der Waals surface area contributed by atoms with Gasteiger partial charge in [0.15, 0.2) is 0 Å². The van der Waals surface area contributed by atoms with Crippen LogP contribution in [0.25, 0.3) is 0 Å². The molecule has 1 aromatic rings. The monoisotopic (exact) mass is 366 g/mol. The van der Waals surface area contributed by atoms with Gasteiger partial charge in [-0.15, -0.1) is 0 Å². The van der Waals surface area contributed by atoms with Gasteiger partial charge in [-0.25, -0.2) is 0 Å². The van der Waals surface area contributed by atoms with Crippen LogP contribution in [0.5, 0.6) is 0 Å². The van der Waals surface area contributed by atoms with Crippen molar-refractivity contribution in [2.45, 2.75) is 43.1 Å². The number of hydrogen-bond donors (Lipinski definition) is 0. The maximum atomic E-state index is 5.54. The van der Waals surface area contributed by atoms with Crippen molar-refractivity contribution in [3.8, 4) is 0 Å². The zero-order valence-corrected chi connectivity index (χ0v) is 15.1. The summed E-state index contributed by atoms with van der Waals surface area (Å²) in [4.78, 5) is 0. The van der Waals surface area contributed by atoms with Crippen LogP contribution in [0.2, 0.25) is 4.44 Å². The molecule has 104 valence electrons. The fraction of sp³-hybridized carbons (Fsp3) is 0.471. The van der Waals surface area contributed by atoms with Crippen LogP contribution >= 0.6 is 0 Å². The van der Waals surface area contributed by atoms with Crippen LogP contribution in [-0.4, -0.2) is 37.0 Å². The Morgan fingerprint density at radius 3 is 2.68 bits per heavy atom. The molecule has 0 unspecified atom stereocenters. The van der Waals surface area contributed by atoms with Gasteiger partial charge in [0.25, 0.3) is 0 Å². The summed E-state index contributed by atoms with van der Waals surface area (Å²) in [7, 11) is 1.80.